The molecule has 7 nitrogen and oxygen atoms in total. The Balaban J connectivity index is 1.22. The Morgan fingerprint density at radius 1 is 0.766 bits per heavy atom. The summed E-state index contributed by atoms with van der Waals surface area (Å²) in [6.07, 6.45) is 1.62. The number of halogens is 1. The van der Waals surface area contributed by atoms with E-state index in [-0.39, 0.29) is 11.6 Å². The van der Waals surface area contributed by atoms with Crippen molar-refractivity contribution in [3.63, 3.8) is 0 Å². The highest BCUT2D eigenvalue weighted by Crippen LogP contribution is 2.38. The largest absolute Gasteiger partial charge is 0.321 e. The number of fused-ring (bicyclic) bond motifs is 1. The number of hydrogen-bond donors (Lipinski definition) is 3. The van der Waals surface area contributed by atoms with Crippen molar-refractivity contribution >= 4 is 83.9 Å². The Morgan fingerprint density at radius 3 is 2.21 bits per heavy atom. The van der Waals surface area contributed by atoms with Crippen molar-refractivity contribution in [1.82, 2.24) is 10.3 Å². The van der Waals surface area contributed by atoms with E-state index in [1.165, 1.54) is 23.1 Å². The van der Waals surface area contributed by atoms with Gasteiger partial charge >= 0.3 is 0 Å². The number of nitrogens with one attached hydrogen (secondary N) is 3. The van der Waals surface area contributed by atoms with Gasteiger partial charge < -0.3 is 16.0 Å². The lowest BCUT2D eigenvalue weighted by Gasteiger charge is -2.17. The third-order valence-electron chi connectivity index (χ3n) is 6.92. The highest BCUT2D eigenvalue weighted by molar-refractivity contribution is 9.10. The van der Waals surface area contributed by atoms with E-state index < -0.39 is 17.1 Å². The molecule has 3 amide bonds. The monoisotopic (exact) mass is 718 g/mol. The molecule has 0 saturated carbocycles. The first-order chi connectivity index (χ1) is 22.9. The molecule has 0 fully saturated rings. The minimum atomic E-state index is -0.591. The lowest BCUT2D eigenvalue weighted by Crippen LogP contribution is -2.30. The number of anilines is 2. The summed E-state index contributed by atoms with van der Waals surface area (Å²) in [4.78, 5) is 45.6. The number of thioether (sulfide) groups is 1. The fourth-order valence-corrected chi connectivity index (χ4v) is 6.86. The van der Waals surface area contributed by atoms with Crippen LogP contribution in [-0.4, -0.2) is 22.7 Å². The van der Waals surface area contributed by atoms with Crippen molar-refractivity contribution in [1.29, 1.82) is 0 Å². The molecule has 0 aliphatic heterocycles. The molecule has 3 N–H and O–H groups in total. The summed E-state index contributed by atoms with van der Waals surface area (Å²) in [5.41, 5.74) is 3.41. The van der Waals surface area contributed by atoms with Crippen molar-refractivity contribution in [3.05, 3.63) is 160 Å². The SMILES string of the molecule is O=C(Nc1cccc(SC(C(=O)Nc2nc3ccccc3s2)c2ccccc2)c1)/C(=C/c1ccc(Br)cc1)NC(=O)c1ccccc1. The number of para-hydroxylation sites is 1. The van der Waals surface area contributed by atoms with Crippen LogP contribution in [0.3, 0.4) is 0 Å². The second kappa shape index (κ2) is 15.0. The Hall–Kier alpha value is -5.03. The fraction of sp³-hybridized carbons (Fsp3) is 0.0270. The molecule has 0 radical (unpaired) electrons. The van der Waals surface area contributed by atoms with Gasteiger partial charge in [0.2, 0.25) is 5.91 Å². The van der Waals surface area contributed by atoms with Crippen LogP contribution < -0.4 is 16.0 Å². The number of amides is 3. The number of benzene rings is 5. The third-order valence-corrected chi connectivity index (χ3v) is 9.65. The number of carbonyl (C=O) groups excluding carboxylic acids is 3. The van der Waals surface area contributed by atoms with Gasteiger partial charge in [0.25, 0.3) is 11.8 Å². The van der Waals surface area contributed by atoms with Crippen molar-refractivity contribution in [2.24, 2.45) is 0 Å². The zero-order valence-corrected chi connectivity index (χ0v) is 27.9. The van der Waals surface area contributed by atoms with Crippen LogP contribution in [0.2, 0.25) is 0 Å². The Bertz CT molecular complexity index is 2030. The fourth-order valence-electron chi connectivity index (χ4n) is 4.65. The molecule has 0 bridgehead atoms. The van der Waals surface area contributed by atoms with Gasteiger partial charge in [-0.1, -0.05) is 106 Å². The molecule has 0 spiro atoms. The number of nitrogens with zero attached hydrogens (tertiary/aromatic N) is 1. The Labute approximate surface area is 288 Å². The van der Waals surface area contributed by atoms with Crippen LogP contribution in [0.5, 0.6) is 0 Å². The molecule has 0 aliphatic carbocycles. The van der Waals surface area contributed by atoms with Crippen LogP contribution in [0.15, 0.2) is 149 Å². The van der Waals surface area contributed by atoms with Gasteiger partial charge in [-0.25, -0.2) is 4.98 Å². The first kappa shape index (κ1) is 31.9. The summed E-state index contributed by atoms with van der Waals surface area (Å²) >= 11 is 6.21. The first-order valence-electron chi connectivity index (χ1n) is 14.5. The van der Waals surface area contributed by atoms with E-state index in [2.05, 4.69) is 36.9 Å². The van der Waals surface area contributed by atoms with Crippen molar-refractivity contribution in [2.45, 2.75) is 10.1 Å². The van der Waals surface area contributed by atoms with E-state index in [1.807, 2.05) is 97.1 Å². The maximum absolute atomic E-state index is 13.7. The summed E-state index contributed by atoms with van der Waals surface area (Å²) < 4.78 is 1.88. The normalized spacial score (nSPS) is 11.9. The zero-order chi connectivity index (χ0) is 32.6. The van der Waals surface area contributed by atoms with E-state index in [0.717, 1.165) is 30.7 Å². The predicted octanol–water partition coefficient (Wildman–Crippen LogP) is 8.94. The molecule has 1 atom stereocenters. The smallest absolute Gasteiger partial charge is 0.272 e. The zero-order valence-electron chi connectivity index (χ0n) is 24.7. The molecule has 232 valence electrons. The van der Waals surface area contributed by atoms with Crippen LogP contribution in [0, 0.1) is 0 Å². The average molecular weight is 720 g/mol. The van der Waals surface area contributed by atoms with Crippen molar-refractivity contribution in [3.8, 4) is 0 Å². The molecule has 0 saturated heterocycles. The standard InChI is InChI=1S/C37H27BrN4O3S2/c38-27-20-18-24(19-21-27)22-31(40-34(43)26-12-5-2-6-13-26)35(44)39-28-14-9-15-29(23-28)46-33(25-10-3-1-4-11-25)36(45)42-37-41-30-16-7-8-17-32(30)47-37/h1-23,33H,(H,39,44)(H,40,43)(H,41,42,45)/b31-22-. The van der Waals surface area contributed by atoms with Crippen LogP contribution >= 0.6 is 39.0 Å². The molecular weight excluding hydrogens is 692 g/mol. The molecule has 1 unspecified atom stereocenters. The van der Waals surface area contributed by atoms with Gasteiger partial charge in [0, 0.05) is 20.6 Å². The van der Waals surface area contributed by atoms with E-state index in [9.17, 15) is 14.4 Å². The summed E-state index contributed by atoms with van der Waals surface area (Å²) in [7, 11) is 0. The highest BCUT2D eigenvalue weighted by Gasteiger charge is 2.24. The van der Waals surface area contributed by atoms with Crippen LogP contribution in [0.4, 0.5) is 10.8 Å². The molecular formula is C37H27BrN4O3S2. The minimum absolute atomic E-state index is 0.0802. The van der Waals surface area contributed by atoms with Crippen molar-refractivity contribution in [2.75, 3.05) is 10.6 Å². The minimum Gasteiger partial charge on any atom is -0.321 e. The van der Waals surface area contributed by atoms with E-state index in [0.29, 0.717) is 16.4 Å². The molecule has 0 aliphatic rings. The third kappa shape index (κ3) is 8.42. The summed E-state index contributed by atoms with van der Waals surface area (Å²) in [5, 5.41) is 8.62. The number of carbonyl (C=O) groups is 3. The second-order valence-electron chi connectivity index (χ2n) is 10.3. The highest BCUT2D eigenvalue weighted by atomic mass is 79.9. The van der Waals surface area contributed by atoms with Gasteiger partial charge in [-0.15, -0.1) is 11.8 Å². The molecule has 6 rings (SSSR count). The van der Waals surface area contributed by atoms with Crippen molar-refractivity contribution < 1.29 is 14.4 Å². The van der Waals surface area contributed by atoms with Gasteiger partial charge in [0.05, 0.1) is 10.2 Å². The topological polar surface area (TPSA) is 100 Å². The maximum atomic E-state index is 13.7. The number of thiazole rings is 1. The van der Waals surface area contributed by atoms with Gasteiger partial charge in [-0.3, -0.25) is 14.4 Å². The van der Waals surface area contributed by atoms with Gasteiger partial charge in [-0.05, 0) is 71.8 Å². The Kier molecular flexibility index (Phi) is 10.2. The van der Waals surface area contributed by atoms with Crippen LogP contribution in [-0.2, 0) is 9.59 Å². The lowest BCUT2D eigenvalue weighted by atomic mass is 10.1. The van der Waals surface area contributed by atoms with E-state index in [1.54, 1.807) is 42.5 Å². The average Bonchev–Trinajstić information content (AvgIpc) is 3.51. The van der Waals surface area contributed by atoms with Gasteiger partial charge in [0.15, 0.2) is 5.13 Å². The summed E-state index contributed by atoms with van der Waals surface area (Å²) in [5.74, 6) is -1.11. The molecule has 47 heavy (non-hydrogen) atoms. The molecule has 5 aromatic carbocycles. The van der Waals surface area contributed by atoms with Gasteiger partial charge in [0.1, 0.15) is 10.9 Å². The van der Waals surface area contributed by atoms with E-state index >= 15 is 0 Å². The van der Waals surface area contributed by atoms with Crippen LogP contribution in [0.1, 0.15) is 26.7 Å². The summed E-state index contributed by atoms with van der Waals surface area (Å²) in [6, 6.07) is 40.6. The number of aromatic nitrogens is 1. The van der Waals surface area contributed by atoms with E-state index in [4.69, 9.17) is 0 Å². The lowest BCUT2D eigenvalue weighted by molar-refractivity contribution is -0.116. The Morgan fingerprint density at radius 2 is 1.47 bits per heavy atom. The number of rotatable bonds is 10. The maximum Gasteiger partial charge on any atom is 0.272 e. The molecule has 10 heteroatoms. The first-order valence-corrected chi connectivity index (χ1v) is 17.0. The second-order valence-corrected chi connectivity index (χ2v) is 13.4. The molecule has 6 aromatic rings. The number of hydrogen-bond acceptors (Lipinski definition) is 6. The molecule has 1 heterocycles. The summed E-state index contributed by atoms with van der Waals surface area (Å²) in [6.45, 7) is 0. The predicted molar refractivity (Wildman–Crippen MR) is 194 cm³/mol. The quantitative estimate of drug-likeness (QED) is 0.0970. The molecule has 1 aromatic heterocycles. The van der Waals surface area contributed by atoms with Crippen LogP contribution in [0.25, 0.3) is 16.3 Å². The van der Waals surface area contributed by atoms with Gasteiger partial charge in [-0.2, -0.15) is 0 Å².